The van der Waals surface area contributed by atoms with Crippen molar-refractivity contribution in [1.29, 1.82) is 0 Å². The summed E-state index contributed by atoms with van der Waals surface area (Å²) in [4.78, 5) is 9.09. The molecule has 0 aliphatic carbocycles. The molecule has 0 amide bonds. The Kier molecular flexibility index (Phi) is 3.11. The van der Waals surface area contributed by atoms with Gasteiger partial charge in [-0.25, -0.2) is 9.97 Å². The topological polar surface area (TPSA) is 30.7 Å². The Hall–Kier alpha value is -1.68. The number of fused-ring (bicyclic) bond motifs is 1. The first-order chi connectivity index (χ1) is 8.88. The van der Waals surface area contributed by atoms with Crippen LogP contribution in [0, 0.1) is 0 Å². The standard InChI is InChI=1S/C14H15N3S/c1-2-5-13-16-11-6-3-4-7-12(11)17(13)10-14-15-8-9-18-14/h3-4,6-9H,2,5,10H2,1H3. The SMILES string of the molecule is CCCc1nc2ccccc2n1Cc1nccs1. The molecule has 2 heterocycles. The Morgan fingerprint density at radius 2 is 2.17 bits per heavy atom. The van der Waals surface area contributed by atoms with Crippen LogP contribution in [0.25, 0.3) is 11.0 Å². The molecular weight excluding hydrogens is 242 g/mol. The summed E-state index contributed by atoms with van der Waals surface area (Å²) in [6.07, 6.45) is 3.99. The molecule has 0 saturated heterocycles. The van der Waals surface area contributed by atoms with E-state index in [1.807, 2.05) is 17.6 Å². The highest BCUT2D eigenvalue weighted by Gasteiger charge is 2.10. The van der Waals surface area contributed by atoms with Gasteiger partial charge in [-0.15, -0.1) is 11.3 Å². The summed E-state index contributed by atoms with van der Waals surface area (Å²) in [5, 5.41) is 3.16. The molecule has 0 radical (unpaired) electrons. The van der Waals surface area contributed by atoms with Gasteiger partial charge in [0.15, 0.2) is 0 Å². The number of nitrogens with zero attached hydrogens (tertiary/aromatic N) is 3. The van der Waals surface area contributed by atoms with Gasteiger partial charge >= 0.3 is 0 Å². The number of hydrogen-bond acceptors (Lipinski definition) is 3. The van der Waals surface area contributed by atoms with Gasteiger partial charge in [0, 0.05) is 18.0 Å². The minimum atomic E-state index is 0.827. The van der Waals surface area contributed by atoms with E-state index in [0.29, 0.717) is 0 Å². The number of para-hydroxylation sites is 2. The van der Waals surface area contributed by atoms with E-state index in [4.69, 9.17) is 4.98 Å². The van der Waals surface area contributed by atoms with Crippen LogP contribution in [0.1, 0.15) is 24.2 Å². The number of thiazole rings is 1. The highest BCUT2D eigenvalue weighted by molar-refractivity contribution is 7.09. The number of imidazole rings is 1. The lowest BCUT2D eigenvalue weighted by Crippen LogP contribution is -2.04. The lowest BCUT2D eigenvalue weighted by molar-refractivity contribution is 0.719. The first-order valence-corrected chi connectivity index (χ1v) is 7.09. The van der Waals surface area contributed by atoms with Crippen LogP contribution in [-0.4, -0.2) is 14.5 Å². The maximum Gasteiger partial charge on any atom is 0.112 e. The van der Waals surface area contributed by atoms with Crippen LogP contribution in [0.2, 0.25) is 0 Å². The molecule has 3 nitrogen and oxygen atoms in total. The van der Waals surface area contributed by atoms with Crippen LogP contribution in [0.4, 0.5) is 0 Å². The number of hydrogen-bond donors (Lipinski definition) is 0. The highest BCUT2D eigenvalue weighted by atomic mass is 32.1. The molecule has 0 unspecified atom stereocenters. The van der Waals surface area contributed by atoms with Crippen molar-refractivity contribution in [3.63, 3.8) is 0 Å². The van der Waals surface area contributed by atoms with Crippen LogP contribution < -0.4 is 0 Å². The smallest absolute Gasteiger partial charge is 0.112 e. The van der Waals surface area contributed by atoms with E-state index in [9.17, 15) is 0 Å². The molecule has 0 N–H and O–H groups in total. The minimum absolute atomic E-state index is 0.827. The van der Waals surface area contributed by atoms with Gasteiger partial charge in [0.05, 0.1) is 17.6 Å². The Morgan fingerprint density at radius 3 is 2.94 bits per heavy atom. The third-order valence-corrected chi connectivity index (χ3v) is 3.75. The lowest BCUT2D eigenvalue weighted by atomic mass is 10.3. The van der Waals surface area contributed by atoms with Crippen molar-refractivity contribution in [1.82, 2.24) is 14.5 Å². The van der Waals surface area contributed by atoms with Gasteiger partial charge in [-0.05, 0) is 18.6 Å². The molecule has 0 fully saturated rings. The molecule has 0 aliphatic heterocycles. The van der Waals surface area contributed by atoms with Gasteiger partial charge in [-0.1, -0.05) is 19.1 Å². The van der Waals surface area contributed by atoms with Crippen molar-refractivity contribution >= 4 is 22.4 Å². The van der Waals surface area contributed by atoms with Crippen LogP contribution in [-0.2, 0) is 13.0 Å². The summed E-state index contributed by atoms with van der Waals surface area (Å²) in [5.41, 5.74) is 2.29. The molecule has 0 spiro atoms. The van der Waals surface area contributed by atoms with Gasteiger partial charge in [0.2, 0.25) is 0 Å². The number of aryl methyl sites for hydroxylation is 1. The Bertz CT molecular complexity index is 640. The van der Waals surface area contributed by atoms with E-state index in [0.717, 1.165) is 35.7 Å². The summed E-state index contributed by atoms with van der Waals surface area (Å²) in [7, 11) is 0. The van der Waals surface area contributed by atoms with Crippen molar-refractivity contribution in [2.45, 2.75) is 26.3 Å². The molecule has 2 aromatic heterocycles. The molecule has 0 atom stereocenters. The number of benzene rings is 1. The quantitative estimate of drug-likeness (QED) is 0.716. The average Bonchev–Trinajstić information content (AvgIpc) is 3.00. The van der Waals surface area contributed by atoms with E-state index < -0.39 is 0 Å². The number of rotatable bonds is 4. The molecule has 3 rings (SSSR count). The van der Waals surface area contributed by atoms with Crippen LogP contribution in [0.15, 0.2) is 35.8 Å². The Morgan fingerprint density at radius 1 is 1.28 bits per heavy atom. The third-order valence-electron chi connectivity index (χ3n) is 2.98. The van der Waals surface area contributed by atoms with E-state index in [-0.39, 0.29) is 0 Å². The second kappa shape index (κ2) is 4.90. The highest BCUT2D eigenvalue weighted by Crippen LogP contribution is 2.19. The van der Waals surface area contributed by atoms with Gasteiger partial charge in [0.25, 0.3) is 0 Å². The fourth-order valence-corrected chi connectivity index (χ4v) is 2.79. The molecule has 0 bridgehead atoms. The van der Waals surface area contributed by atoms with Crippen molar-refractivity contribution in [2.75, 3.05) is 0 Å². The average molecular weight is 257 g/mol. The third kappa shape index (κ3) is 2.04. The first-order valence-electron chi connectivity index (χ1n) is 6.21. The summed E-state index contributed by atoms with van der Waals surface area (Å²) in [6, 6.07) is 8.32. The molecule has 92 valence electrons. The zero-order valence-electron chi connectivity index (χ0n) is 10.3. The second-order valence-electron chi connectivity index (χ2n) is 4.28. The molecule has 0 saturated carbocycles. The van der Waals surface area contributed by atoms with E-state index in [1.165, 1.54) is 5.52 Å². The normalized spacial score (nSPS) is 11.2. The first kappa shape index (κ1) is 11.4. The molecule has 1 aromatic carbocycles. The summed E-state index contributed by atoms with van der Waals surface area (Å²) >= 11 is 1.70. The largest absolute Gasteiger partial charge is 0.321 e. The monoisotopic (exact) mass is 257 g/mol. The predicted molar refractivity (Wildman–Crippen MR) is 74.9 cm³/mol. The Balaban J connectivity index is 2.09. The molecule has 18 heavy (non-hydrogen) atoms. The summed E-state index contributed by atoms with van der Waals surface area (Å²) in [6.45, 7) is 3.01. The van der Waals surface area contributed by atoms with Crippen molar-refractivity contribution < 1.29 is 0 Å². The summed E-state index contributed by atoms with van der Waals surface area (Å²) in [5.74, 6) is 1.16. The molecule has 3 aromatic rings. The van der Waals surface area contributed by atoms with E-state index in [1.54, 1.807) is 11.3 Å². The van der Waals surface area contributed by atoms with Crippen molar-refractivity contribution in [3.8, 4) is 0 Å². The lowest BCUT2D eigenvalue weighted by Gasteiger charge is -2.06. The van der Waals surface area contributed by atoms with E-state index >= 15 is 0 Å². The van der Waals surface area contributed by atoms with E-state index in [2.05, 4.69) is 34.7 Å². The van der Waals surface area contributed by atoms with Crippen molar-refractivity contribution in [2.24, 2.45) is 0 Å². The van der Waals surface area contributed by atoms with Gasteiger partial charge in [-0.3, -0.25) is 0 Å². The fraction of sp³-hybridized carbons (Fsp3) is 0.286. The minimum Gasteiger partial charge on any atom is -0.321 e. The zero-order valence-corrected chi connectivity index (χ0v) is 11.2. The molecule has 4 heteroatoms. The maximum absolute atomic E-state index is 4.72. The molecule has 0 aliphatic rings. The summed E-state index contributed by atoms with van der Waals surface area (Å²) < 4.78 is 2.29. The second-order valence-corrected chi connectivity index (χ2v) is 5.26. The molecular formula is C14H15N3S. The van der Waals surface area contributed by atoms with Gasteiger partial charge < -0.3 is 4.57 Å². The number of aromatic nitrogens is 3. The van der Waals surface area contributed by atoms with Crippen LogP contribution >= 0.6 is 11.3 Å². The van der Waals surface area contributed by atoms with Crippen molar-refractivity contribution in [3.05, 3.63) is 46.7 Å². The van der Waals surface area contributed by atoms with Gasteiger partial charge in [0.1, 0.15) is 10.8 Å². The fourth-order valence-electron chi connectivity index (χ4n) is 2.18. The zero-order chi connectivity index (χ0) is 12.4. The van der Waals surface area contributed by atoms with Crippen LogP contribution in [0.3, 0.4) is 0 Å². The van der Waals surface area contributed by atoms with Crippen LogP contribution in [0.5, 0.6) is 0 Å². The Labute approximate surface area is 110 Å². The predicted octanol–water partition coefficient (Wildman–Crippen LogP) is 3.49. The van der Waals surface area contributed by atoms with Gasteiger partial charge in [-0.2, -0.15) is 0 Å². The maximum atomic E-state index is 4.72.